The van der Waals surface area contributed by atoms with Crippen molar-refractivity contribution in [2.24, 2.45) is 0 Å². The van der Waals surface area contributed by atoms with Crippen molar-refractivity contribution in [3.8, 4) is 0 Å². The van der Waals surface area contributed by atoms with Gasteiger partial charge in [0, 0.05) is 35.3 Å². The molecule has 0 spiro atoms. The molecule has 25 heavy (non-hydrogen) atoms. The molecule has 0 fully saturated rings. The summed E-state index contributed by atoms with van der Waals surface area (Å²) in [5.74, 6) is 0.159. The monoisotopic (exact) mass is 391 g/mol. The van der Waals surface area contributed by atoms with Crippen LogP contribution in [0.2, 0.25) is 0 Å². The van der Waals surface area contributed by atoms with E-state index < -0.39 is 0 Å². The van der Waals surface area contributed by atoms with Crippen molar-refractivity contribution in [3.63, 3.8) is 0 Å². The minimum absolute atomic E-state index is 0. The smallest absolute Gasteiger partial charge is 0.189 e. The summed E-state index contributed by atoms with van der Waals surface area (Å²) in [6, 6.07) is 22.4. The van der Waals surface area contributed by atoms with Crippen LogP contribution in [0.5, 0.6) is 0 Å². The van der Waals surface area contributed by atoms with Crippen LogP contribution in [0.3, 0.4) is 0 Å². The van der Waals surface area contributed by atoms with Gasteiger partial charge in [0.2, 0.25) is 0 Å². The summed E-state index contributed by atoms with van der Waals surface area (Å²) in [6.45, 7) is 0.849. The molecule has 0 amide bonds. The van der Waals surface area contributed by atoms with Crippen LogP contribution >= 0.6 is 0 Å². The van der Waals surface area contributed by atoms with Gasteiger partial charge in [-0.25, -0.2) is 4.57 Å². The molecule has 2 aromatic carbocycles. The molecule has 3 heteroatoms. The third-order valence-corrected chi connectivity index (χ3v) is 4.40. The number of aromatic nitrogens is 1. The predicted molar refractivity (Wildman–Crippen MR) is 94.6 cm³/mol. The molecule has 1 heterocycles. The number of pyridine rings is 1. The van der Waals surface area contributed by atoms with Crippen LogP contribution in [0.15, 0.2) is 84.7 Å². The summed E-state index contributed by atoms with van der Waals surface area (Å²) in [5.41, 5.74) is 5.19. The summed E-state index contributed by atoms with van der Waals surface area (Å²) in [5, 5.41) is 0. The van der Waals surface area contributed by atoms with E-state index in [-0.39, 0.29) is 22.8 Å². The number of nitrogens with zero attached hydrogens (tertiary/aromatic N) is 1. The number of benzene rings is 2. The lowest BCUT2D eigenvalue weighted by molar-refractivity contribution is -0.688. The van der Waals surface area contributed by atoms with Crippen LogP contribution in [-0.2, 0) is 13.0 Å². The Hall–Kier alpha value is -2.52. The molecule has 2 nitrogen and oxygen atoms in total. The molecule has 4 rings (SSSR count). The third-order valence-electron chi connectivity index (χ3n) is 4.40. The van der Waals surface area contributed by atoms with E-state index in [1.165, 1.54) is 5.56 Å². The van der Waals surface area contributed by atoms with E-state index in [2.05, 4.69) is 53.4 Å². The maximum absolute atomic E-state index is 12.4. The summed E-state index contributed by atoms with van der Waals surface area (Å²) >= 11 is 0. The molecule has 0 aliphatic heterocycles. The number of allylic oxidation sites excluding steroid dienone is 1. The van der Waals surface area contributed by atoms with Crippen molar-refractivity contribution in [2.75, 3.05) is 0 Å². The van der Waals surface area contributed by atoms with Crippen molar-refractivity contribution in [1.82, 2.24) is 0 Å². The average molecular weight is 392 g/mol. The number of rotatable bonds is 3. The third kappa shape index (κ3) is 3.77. The van der Waals surface area contributed by atoms with Crippen LogP contribution in [0.1, 0.15) is 27.0 Å². The van der Waals surface area contributed by atoms with Gasteiger partial charge in [-0.05, 0) is 17.2 Å². The first-order valence-corrected chi connectivity index (χ1v) is 8.16. The molecule has 0 atom stereocenters. The lowest BCUT2D eigenvalue weighted by Crippen LogP contribution is -3.00. The van der Waals surface area contributed by atoms with Gasteiger partial charge in [-0.1, -0.05) is 54.6 Å². The standard InChI is InChI=1S/C22H18NO.BrH/c24-22-20(15-19-8-4-5-9-21(19)22)14-17-10-12-23(13-11-17)16-18-6-2-1-3-7-18;/h1-14H,15-16H2;1H/q+1;/p-1. The zero-order valence-corrected chi connectivity index (χ0v) is 15.3. The quantitative estimate of drug-likeness (QED) is 0.478. The Morgan fingerprint density at radius 1 is 0.880 bits per heavy atom. The van der Waals surface area contributed by atoms with Gasteiger partial charge in [0.15, 0.2) is 24.7 Å². The van der Waals surface area contributed by atoms with Crippen LogP contribution < -0.4 is 21.5 Å². The second-order valence-corrected chi connectivity index (χ2v) is 6.12. The minimum Gasteiger partial charge on any atom is -1.00 e. The van der Waals surface area contributed by atoms with E-state index >= 15 is 0 Å². The molecule has 0 N–H and O–H groups in total. The maximum atomic E-state index is 12.4. The number of hydrogen-bond acceptors (Lipinski definition) is 1. The molecule has 3 aromatic rings. The molecule has 1 aliphatic rings. The predicted octanol–water partition coefficient (Wildman–Crippen LogP) is 0.849. The topological polar surface area (TPSA) is 20.9 Å². The molecule has 0 radical (unpaired) electrons. The highest BCUT2D eigenvalue weighted by atomic mass is 79.9. The van der Waals surface area contributed by atoms with E-state index in [4.69, 9.17) is 0 Å². The van der Waals surface area contributed by atoms with Crippen molar-refractivity contribution in [1.29, 1.82) is 0 Å². The Kier molecular flexibility index (Phi) is 5.25. The van der Waals surface area contributed by atoms with Crippen molar-refractivity contribution < 1.29 is 26.3 Å². The highest BCUT2D eigenvalue weighted by Gasteiger charge is 2.23. The summed E-state index contributed by atoms with van der Waals surface area (Å²) in [6.07, 6.45) is 6.86. The molecule has 0 saturated carbocycles. The summed E-state index contributed by atoms with van der Waals surface area (Å²) < 4.78 is 2.14. The maximum Gasteiger partial charge on any atom is 0.189 e. The number of carbonyl (C=O) groups is 1. The fourth-order valence-corrected chi connectivity index (χ4v) is 3.14. The molecule has 1 aromatic heterocycles. The van der Waals surface area contributed by atoms with Crippen LogP contribution in [0, 0.1) is 0 Å². The van der Waals surface area contributed by atoms with E-state index in [0.29, 0.717) is 0 Å². The van der Waals surface area contributed by atoms with Gasteiger partial charge in [0.25, 0.3) is 0 Å². The second-order valence-electron chi connectivity index (χ2n) is 6.12. The second kappa shape index (κ2) is 7.58. The molecule has 0 bridgehead atoms. The van der Waals surface area contributed by atoms with E-state index in [9.17, 15) is 4.79 Å². The fourth-order valence-electron chi connectivity index (χ4n) is 3.14. The number of halogens is 1. The van der Waals surface area contributed by atoms with Crippen molar-refractivity contribution in [3.05, 3.63) is 107 Å². The van der Waals surface area contributed by atoms with Gasteiger partial charge >= 0.3 is 0 Å². The number of hydrogen-bond donors (Lipinski definition) is 0. The number of carbonyl (C=O) groups excluding carboxylic acids is 1. The number of ketones is 1. The normalized spacial score (nSPS) is 14.2. The first-order chi connectivity index (χ1) is 11.8. The van der Waals surface area contributed by atoms with Gasteiger partial charge in [-0.2, -0.15) is 0 Å². The van der Waals surface area contributed by atoms with Gasteiger partial charge in [0.1, 0.15) is 0 Å². The van der Waals surface area contributed by atoms with Crippen LogP contribution in [0.4, 0.5) is 0 Å². The van der Waals surface area contributed by atoms with Gasteiger partial charge in [-0.3, -0.25) is 4.79 Å². The number of fused-ring (bicyclic) bond motifs is 1. The van der Waals surface area contributed by atoms with Crippen LogP contribution in [0.25, 0.3) is 6.08 Å². The Morgan fingerprint density at radius 3 is 2.28 bits per heavy atom. The fraction of sp³-hybridized carbons (Fsp3) is 0.0909. The average Bonchev–Trinajstić information content (AvgIpc) is 2.94. The summed E-state index contributed by atoms with van der Waals surface area (Å²) in [4.78, 5) is 12.4. The molecule has 0 unspecified atom stereocenters. The first kappa shape index (κ1) is 17.3. The SMILES string of the molecule is O=C1C(=Cc2cc[n+](Cc3ccccc3)cc2)Cc2ccccc21.[Br-]. The molecule has 124 valence electrons. The zero-order valence-electron chi connectivity index (χ0n) is 13.7. The largest absolute Gasteiger partial charge is 1.00 e. The van der Waals surface area contributed by atoms with Crippen molar-refractivity contribution in [2.45, 2.75) is 13.0 Å². The Bertz CT molecular complexity index is 914. The lowest BCUT2D eigenvalue weighted by Gasteiger charge is -1.99. The van der Waals surface area contributed by atoms with E-state index in [1.807, 2.05) is 36.4 Å². The Labute approximate surface area is 158 Å². The van der Waals surface area contributed by atoms with Gasteiger partial charge in [-0.15, -0.1) is 0 Å². The minimum atomic E-state index is 0. The highest BCUT2D eigenvalue weighted by Crippen LogP contribution is 2.27. The Balaban J connectivity index is 0.00000182. The van der Waals surface area contributed by atoms with Gasteiger partial charge in [0.05, 0.1) is 0 Å². The van der Waals surface area contributed by atoms with Gasteiger partial charge < -0.3 is 17.0 Å². The lowest BCUT2D eigenvalue weighted by atomic mass is 10.1. The highest BCUT2D eigenvalue weighted by molar-refractivity contribution is 6.15. The molecule has 1 aliphatic carbocycles. The van der Waals surface area contributed by atoms with Crippen molar-refractivity contribution >= 4 is 11.9 Å². The Morgan fingerprint density at radius 2 is 1.56 bits per heavy atom. The van der Waals surface area contributed by atoms with Crippen LogP contribution in [-0.4, -0.2) is 5.78 Å². The zero-order chi connectivity index (χ0) is 16.4. The molecule has 0 saturated heterocycles. The molecular formula is C22H18BrNO. The molecular weight excluding hydrogens is 374 g/mol. The summed E-state index contributed by atoms with van der Waals surface area (Å²) in [7, 11) is 0. The van der Waals surface area contributed by atoms with E-state index in [1.54, 1.807) is 0 Å². The first-order valence-electron chi connectivity index (χ1n) is 8.16. The van der Waals surface area contributed by atoms with E-state index in [0.717, 1.165) is 35.2 Å². The number of Topliss-reactive ketones (excluding diaryl/α,β-unsaturated/α-hetero) is 1.